The van der Waals surface area contributed by atoms with E-state index in [-0.39, 0.29) is 0 Å². The van der Waals surface area contributed by atoms with Crippen molar-refractivity contribution in [3.05, 3.63) is 564 Å². The second kappa shape index (κ2) is 37.4. The molecule has 6 aromatic heterocycles. The SMILES string of the molecule is c1ccc(-c2ccc(-n3c4ccc(-c5ccccc5)cc4c4ccccc4c4ccccc4c4cc5c(cc43)oc3ccccc35)cc2)cc1.c1ccc(-c2ccc(-n3c4ccc(-c5ccccc5)cc4c4ccccc4c4ccccc4c4cc5oc6ccccc6c5cc43)cc2)cc1.c1ccc(-c2ccc(-n3c4ccc(-c5ccccc5)cc4c4ccccc4c4ccccc4c4ccc5oc6ccccc6c5c43)cc2)cc1. The van der Waals surface area contributed by atoms with E-state index in [2.05, 4.69) is 560 Å². The Morgan fingerprint density at radius 2 is 0.333 bits per heavy atom. The molecule has 0 saturated heterocycles. The van der Waals surface area contributed by atoms with Gasteiger partial charge in [0.05, 0.1) is 38.5 Å². The van der Waals surface area contributed by atoms with E-state index in [1.807, 2.05) is 18.2 Å². The lowest BCUT2D eigenvalue weighted by molar-refractivity contribution is 0.669. The Morgan fingerprint density at radius 3 is 0.680 bits per heavy atom. The van der Waals surface area contributed by atoms with Crippen molar-refractivity contribution in [1.82, 2.24) is 13.7 Å². The normalized spacial score (nSPS) is 11.6. The van der Waals surface area contributed by atoms with Crippen molar-refractivity contribution in [2.75, 3.05) is 0 Å². The van der Waals surface area contributed by atoms with Gasteiger partial charge < -0.3 is 27.0 Å². The molecule has 0 atom stereocenters. The zero-order valence-electron chi connectivity index (χ0n) is 81.8. The molecule has 0 spiro atoms. The zero-order valence-corrected chi connectivity index (χ0v) is 81.8. The highest BCUT2D eigenvalue weighted by Gasteiger charge is 2.24. The van der Waals surface area contributed by atoms with Crippen molar-refractivity contribution >= 4 is 196 Å². The van der Waals surface area contributed by atoms with Crippen molar-refractivity contribution in [2.45, 2.75) is 0 Å². The highest BCUT2D eigenvalue weighted by Crippen LogP contribution is 2.47. The number of furan rings is 3. The summed E-state index contributed by atoms with van der Waals surface area (Å²) in [6, 6.07) is 203. The second-order valence-corrected chi connectivity index (χ2v) is 38.7. The van der Waals surface area contributed by atoms with Gasteiger partial charge in [0.25, 0.3) is 0 Å². The van der Waals surface area contributed by atoms with Gasteiger partial charge in [0.15, 0.2) is 0 Å². The van der Waals surface area contributed by atoms with Crippen LogP contribution in [0.25, 0.3) is 280 Å². The maximum atomic E-state index is 6.57. The quantitative estimate of drug-likeness (QED) is 0.145. The molecule has 0 aliphatic rings. The third kappa shape index (κ3) is 15.5. The molecule has 0 aliphatic carbocycles. The molecule has 150 heavy (non-hydrogen) atoms. The van der Waals surface area contributed by atoms with E-state index in [9.17, 15) is 0 Å². The fourth-order valence-electron chi connectivity index (χ4n) is 23.1. The first-order valence-electron chi connectivity index (χ1n) is 51.3. The third-order valence-corrected chi connectivity index (χ3v) is 30.1. The van der Waals surface area contributed by atoms with Gasteiger partial charge in [-0.15, -0.1) is 0 Å². The van der Waals surface area contributed by atoms with Crippen molar-refractivity contribution in [3.63, 3.8) is 0 Å². The molecule has 0 bridgehead atoms. The van der Waals surface area contributed by atoms with Crippen LogP contribution in [-0.2, 0) is 0 Å². The monoisotopic (exact) mass is 1910 g/mol. The van der Waals surface area contributed by atoms with E-state index in [0.29, 0.717) is 0 Å². The van der Waals surface area contributed by atoms with Crippen LogP contribution in [0, 0.1) is 0 Å². The fraction of sp³-hybridized carbons (Fsp3) is 0. The molecule has 702 valence electrons. The lowest BCUT2D eigenvalue weighted by Crippen LogP contribution is -1.99. The van der Waals surface area contributed by atoms with E-state index < -0.39 is 0 Å². The summed E-state index contributed by atoms with van der Waals surface area (Å²) in [5.74, 6) is 0. The topological polar surface area (TPSA) is 54.2 Å². The number of rotatable bonds is 9. The van der Waals surface area contributed by atoms with Crippen LogP contribution >= 0.6 is 0 Å². The Morgan fingerprint density at radius 1 is 0.107 bits per heavy atom. The lowest BCUT2D eigenvalue weighted by atomic mass is 9.99. The molecule has 0 radical (unpaired) electrons. The van der Waals surface area contributed by atoms with Gasteiger partial charge in [-0.05, 0) is 253 Å². The van der Waals surface area contributed by atoms with Crippen LogP contribution in [0.2, 0.25) is 0 Å². The van der Waals surface area contributed by atoms with E-state index >= 15 is 0 Å². The molecule has 30 rings (SSSR count). The van der Waals surface area contributed by atoms with Gasteiger partial charge in [-0.2, -0.15) is 0 Å². The van der Waals surface area contributed by atoms with Crippen LogP contribution in [0.1, 0.15) is 0 Å². The molecule has 24 aromatic carbocycles. The molecular formula is C144H93N3O3. The van der Waals surface area contributed by atoms with E-state index in [4.69, 9.17) is 13.3 Å². The number of benzene rings is 24. The Bertz CT molecular complexity index is 10700. The van der Waals surface area contributed by atoms with Crippen LogP contribution in [-0.4, -0.2) is 13.7 Å². The summed E-state index contributed by atoms with van der Waals surface area (Å²) in [5.41, 5.74) is 29.4. The Balaban J connectivity index is 0.000000108. The van der Waals surface area contributed by atoms with Crippen LogP contribution in [0.3, 0.4) is 0 Å². The average molecular weight is 1910 g/mol. The molecule has 6 heteroatoms. The average Bonchev–Trinajstić information content (AvgIpc) is 1.56. The minimum atomic E-state index is 0.868. The van der Waals surface area contributed by atoms with Gasteiger partial charge in [0, 0.05) is 82.4 Å². The molecule has 30 aromatic rings. The maximum Gasteiger partial charge on any atom is 0.137 e. The van der Waals surface area contributed by atoms with Crippen LogP contribution < -0.4 is 0 Å². The Labute approximate surface area is 864 Å². The van der Waals surface area contributed by atoms with Crippen molar-refractivity contribution in [3.8, 4) is 83.8 Å². The number of aromatic nitrogens is 3. The van der Waals surface area contributed by atoms with Gasteiger partial charge in [0.1, 0.15) is 33.5 Å². The van der Waals surface area contributed by atoms with Crippen molar-refractivity contribution < 1.29 is 13.3 Å². The number of para-hydroxylation sites is 3. The molecule has 6 nitrogen and oxygen atoms in total. The number of hydrogen-bond acceptors (Lipinski definition) is 3. The predicted octanol–water partition coefficient (Wildman–Crippen LogP) is 40.3. The Hall–Kier alpha value is -19.9. The van der Waals surface area contributed by atoms with Crippen LogP contribution in [0.4, 0.5) is 0 Å². The molecule has 6 heterocycles. The van der Waals surface area contributed by atoms with Gasteiger partial charge in [0.2, 0.25) is 0 Å². The minimum absolute atomic E-state index is 0.868. The molecule has 0 fully saturated rings. The molecule has 0 aliphatic heterocycles. The summed E-state index contributed by atoms with van der Waals surface area (Å²) in [5, 5.41) is 27.9. The van der Waals surface area contributed by atoms with Gasteiger partial charge >= 0.3 is 0 Å². The van der Waals surface area contributed by atoms with Crippen LogP contribution in [0.5, 0.6) is 0 Å². The summed E-state index contributed by atoms with van der Waals surface area (Å²) in [6.07, 6.45) is 0. The molecular weight excluding hydrogens is 1820 g/mol. The van der Waals surface area contributed by atoms with E-state index in [1.165, 1.54) is 148 Å². The molecule has 0 saturated carbocycles. The van der Waals surface area contributed by atoms with E-state index in [0.717, 1.165) is 132 Å². The second-order valence-electron chi connectivity index (χ2n) is 38.7. The third-order valence-electron chi connectivity index (χ3n) is 30.1. The lowest BCUT2D eigenvalue weighted by Gasteiger charge is -2.16. The summed E-state index contributed by atoms with van der Waals surface area (Å²) >= 11 is 0. The minimum Gasteiger partial charge on any atom is -0.456 e. The largest absolute Gasteiger partial charge is 0.456 e. The first-order chi connectivity index (χ1) is 74.4. The zero-order chi connectivity index (χ0) is 99.1. The van der Waals surface area contributed by atoms with E-state index in [1.54, 1.807) is 0 Å². The van der Waals surface area contributed by atoms with Crippen LogP contribution in [0.15, 0.2) is 577 Å². The smallest absolute Gasteiger partial charge is 0.137 e. The maximum absolute atomic E-state index is 6.57. The summed E-state index contributed by atoms with van der Waals surface area (Å²) < 4.78 is 27.0. The van der Waals surface area contributed by atoms with Crippen molar-refractivity contribution in [2.24, 2.45) is 0 Å². The first kappa shape index (κ1) is 87.8. The first-order valence-corrected chi connectivity index (χ1v) is 51.3. The molecule has 0 amide bonds. The highest BCUT2D eigenvalue weighted by molar-refractivity contribution is 6.29. The Kier molecular flexibility index (Phi) is 21.9. The summed E-state index contributed by atoms with van der Waals surface area (Å²) in [6.45, 7) is 0. The van der Waals surface area contributed by atoms with Gasteiger partial charge in [-0.1, -0.05) is 437 Å². The van der Waals surface area contributed by atoms with Gasteiger partial charge in [-0.3, -0.25) is 0 Å². The molecule has 0 N–H and O–H groups in total. The fourth-order valence-corrected chi connectivity index (χ4v) is 23.1. The number of hydrogen-bond donors (Lipinski definition) is 0. The van der Waals surface area contributed by atoms with Gasteiger partial charge in [-0.25, -0.2) is 0 Å². The van der Waals surface area contributed by atoms with Crippen molar-refractivity contribution in [1.29, 1.82) is 0 Å². The number of fused-ring (bicyclic) bond motifs is 31. The summed E-state index contributed by atoms with van der Waals surface area (Å²) in [7, 11) is 0. The molecule has 0 unspecified atom stereocenters. The standard InChI is InChI=1S/3C48H31NO/c1-3-13-32(14-4-1)34-23-26-36(27-24-34)49-44-29-25-35(33-15-5-2-6-16-33)31-43(44)40-20-10-8-18-38(40)37-17-7-9-19-39(37)41-28-30-46-47(48(41)49)42-21-11-12-22-45(42)50-46;1-3-13-32(14-4-1)34-23-26-36(27-24-34)49-45-28-25-35(33-15-5-2-6-16-33)29-42(45)39-19-9-7-17-37(39)38-18-8-10-20-40(38)43-31-48-44(30-46(43)49)41-21-11-12-22-47(41)50-48;1-3-13-32(14-4-1)34-23-26-36(27-24-34)49-45-28-25-35(33-15-5-2-6-16-33)29-42(45)39-19-9-7-17-37(39)38-18-8-10-20-40(38)43-30-44-41-21-11-12-22-47(41)50-48(44)31-46(43)49/h3*1-31H. The number of nitrogens with zero attached hydrogens (tertiary/aromatic N) is 3. The highest BCUT2D eigenvalue weighted by atomic mass is 16.3. The predicted molar refractivity (Wildman–Crippen MR) is 635 cm³/mol. The summed E-state index contributed by atoms with van der Waals surface area (Å²) in [4.78, 5) is 0.